The molecular weight excluding hydrogens is 295 g/mol. The van der Waals surface area contributed by atoms with Crippen LogP contribution in [0.5, 0.6) is 0 Å². The normalized spacial score (nSPS) is 9.95. The molecule has 0 atom stereocenters. The van der Waals surface area contributed by atoms with Crippen LogP contribution in [0.4, 0.5) is 21.5 Å². The van der Waals surface area contributed by atoms with Gasteiger partial charge < -0.3 is 16.8 Å². The van der Waals surface area contributed by atoms with Crippen molar-refractivity contribution in [1.82, 2.24) is 0 Å². The summed E-state index contributed by atoms with van der Waals surface area (Å²) in [4.78, 5) is 11.2. The van der Waals surface area contributed by atoms with Crippen LogP contribution < -0.4 is 16.8 Å². The fourth-order valence-corrected chi connectivity index (χ4v) is 1.93. The molecule has 5 nitrogen and oxygen atoms in total. The second-order valence-corrected chi connectivity index (χ2v) is 4.65. The van der Waals surface area contributed by atoms with Crippen LogP contribution in [-0.4, -0.2) is 5.91 Å². The third-order valence-electron chi connectivity index (χ3n) is 2.78. The summed E-state index contributed by atoms with van der Waals surface area (Å²) in [6, 6.07) is 8.63. The standard InChI is InChI=1S/C14H10ClFN4O/c15-8-2-1-7(6-17)12(3-8)20-13-4-9(14(19)21)11(18)5-10(13)16/h1-5,20H,18H2,(H2,19,21). The zero-order valence-electron chi connectivity index (χ0n) is 10.7. The lowest BCUT2D eigenvalue weighted by Crippen LogP contribution is -2.14. The highest BCUT2D eigenvalue weighted by molar-refractivity contribution is 6.30. The van der Waals surface area contributed by atoms with Gasteiger partial charge in [0, 0.05) is 10.7 Å². The molecule has 2 aromatic carbocycles. The number of hydrogen-bond donors (Lipinski definition) is 3. The number of nitrogens with zero attached hydrogens (tertiary/aromatic N) is 1. The molecule has 0 fully saturated rings. The summed E-state index contributed by atoms with van der Waals surface area (Å²) in [6.07, 6.45) is 0. The monoisotopic (exact) mass is 304 g/mol. The molecular formula is C14H10ClFN4O. The SMILES string of the molecule is N#Cc1ccc(Cl)cc1Nc1cc(C(N)=O)c(N)cc1F. The largest absolute Gasteiger partial charge is 0.398 e. The molecule has 0 aliphatic heterocycles. The molecule has 0 bridgehead atoms. The number of hydrogen-bond acceptors (Lipinski definition) is 4. The number of carbonyl (C=O) groups is 1. The maximum atomic E-state index is 13.9. The zero-order chi connectivity index (χ0) is 15.6. The third kappa shape index (κ3) is 3.04. The van der Waals surface area contributed by atoms with Crippen molar-refractivity contribution in [2.24, 2.45) is 5.73 Å². The second-order valence-electron chi connectivity index (χ2n) is 4.21. The van der Waals surface area contributed by atoms with E-state index in [1.165, 1.54) is 18.2 Å². The number of primary amides is 1. The van der Waals surface area contributed by atoms with Crippen molar-refractivity contribution < 1.29 is 9.18 Å². The summed E-state index contributed by atoms with van der Waals surface area (Å²) in [7, 11) is 0. The van der Waals surface area contributed by atoms with Crippen molar-refractivity contribution in [2.75, 3.05) is 11.1 Å². The molecule has 0 heterocycles. The van der Waals surface area contributed by atoms with Gasteiger partial charge in [0.2, 0.25) is 0 Å². The molecule has 0 aromatic heterocycles. The van der Waals surface area contributed by atoms with Gasteiger partial charge in [0.25, 0.3) is 5.91 Å². The van der Waals surface area contributed by atoms with Gasteiger partial charge in [0.15, 0.2) is 0 Å². The predicted octanol–water partition coefficient (Wildman–Crippen LogP) is 2.78. The van der Waals surface area contributed by atoms with Gasteiger partial charge in [-0.15, -0.1) is 0 Å². The molecule has 106 valence electrons. The van der Waals surface area contributed by atoms with Gasteiger partial charge in [-0.2, -0.15) is 5.26 Å². The van der Waals surface area contributed by atoms with Crippen LogP contribution in [0.25, 0.3) is 0 Å². The minimum atomic E-state index is -0.776. The highest BCUT2D eigenvalue weighted by atomic mass is 35.5. The van der Waals surface area contributed by atoms with Gasteiger partial charge in [-0.25, -0.2) is 4.39 Å². The Hall–Kier alpha value is -2.78. The minimum Gasteiger partial charge on any atom is -0.398 e. The first kappa shape index (κ1) is 14.6. The highest BCUT2D eigenvalue weighted by Crippen LogP contribution is 2.28. The molecule has 0 saturated carbocycles. The summed E-state index contributed by atoms with van der Waals surface area (Å²) in [5, 5.41) is 12.1. The van der Waals surface area contributed by atoms with E-state index in [2.05, 4.69) is 5.32 Å². The Balaban J connectivity index is 2.50. The van der Waals surface area contributed by atoms with Crippen molar-refractivity contribution in [3.05, 3.63) is 52.3 Å². The summed E-state index contributed by atoms with van der Waals surface area (Å²) >= 11 is 5.85. The molecule has 0 aliphatic rings. The Bertz CT molecular complexity index is 770. The summed E-state index contributed by atoms with van der Waals surface area (Å²) in [5.74, 6) is -1.46. The van der Waals surface area contributed by atoms with Gasteiger partial charge in [0.1, 0.15) is 11.9 Å². The Morgan fingerprint density at radius 2 is 2.00 bits per heavy atom. The lowest BCUT2D eigenvalue weighted by Gasteiger charge is -2.12. The number of nitrogens with two attached hydrogens (primary N) is 2. The quantitative estimate of drug-likeness (QED) is 0.758. The number of carbonyl (C=O) groups excluding carboxylic acids is 1. The number of nitrogens with one attached hydrogen (secondary N) is 1. The first-order valence-electron chi connectivity index (χ1n) is 5.78. The zero-order valence-corrected chi connectivity index (χ0v) is 11.4. The van der Waals surface area contributed by atoms with E-state index in [-0.39, 0.29) is 22.5 Å². The smallest absolute Gasteiger partial charge is 0.250 e. The van der Waals surface area contributed by atoms with Crippen LogP contribution in [0.3, 0.4) is 0 Å². The summed E-state index contributed by atoms with van der Waals surface area (Å²) in [5.41, 5.74) is 11.2. The van der Waals surface area contributed by atoms with Crippen molar-refractivity contribution in [2.45, 2.75) is 0 Å². The fourth-order valence-electron chi connectivity index (χ4n) is 1.76. The third-order valence-corrected chi connectivity index (χ3v) is 3.01. The van der Waals surface area contributed by atoms with E-state index in [9.17, 15) is 9.18 Å². The molecule has 0 aliphatic carbocycles. The number of anilines is 3. The molecule has 5 N–H and O–H groups in total. The molecule has 0 saturated heterocycles. The van der Waals surface area contributed by atoms with E-state index < -0.39 is 11.7 Å². The first-order valence-corrected chi connectivity index (χ1v) is 6.15. The van der Waals surface area contributed by atoms with E-state index in [4.69, 9.17) is 28.3 Å². The first-order chi connectivity index (χ1) is 9.92. The van der Waals surface area contributed by atoms with Gasteiger partial charge in [-0.1, -0.05) is 11.6 Å². The number of amides is 1. The number of halogens is 2. The van der Waals surface area contributed by atoms with E-state index in [0.717, 1.165) is 6.07 Å². The van der Waals surface area contributed by atoms with Crippen molar-refractivity contribution in [3.8, 4) is 6.07 Å². The van der Waals surface area contributed by atoms with E-state index in [1.54, 1.807) is 6.07 Å². The fraction of sp³-hybridized carbons (Fsp3) is 0. The van der Waals surface area contributed by atoms with Crippen LogP contribution in [0.2, 0.25) is 5.02 Å². The van der Waals surface area contributed by atoms with Gasteiger partial charge in [-0.3, -0.25) is 4.79 Å². The molecule has 2 aromatic rings. The molecule has 1 amide bonds. The lowest BCUT2D eigenvalue weighted by molar-refractivity contribution is 0.100. The average Bonchev–Trinajstić information content (AvgIpc) is 2.41. The Kier molecular flexibility index (Phi) is 3.96. The number of rotatable bonds is 3. The molecule has 0 spiro atoms. The molecule has 7 heteroatoms. The minimum absolute atomic E-state index is 0.0144. The number of benzene rings is 2. The van der Waals surface area contributed by atoms with Crippen molar-refractivity contribution in [3.63, 3.8) is 0 Å². The molecule has 0 unspecified atom stereocenters. The summed E-state index contributed by atoms with van der Waals surface area (Å²) < 4.78 is 13.9. The predicted molar refractivity (Wildman–Crippen MR) is 78.8 cm³/mol. The van der Waals surface area contributed by atoms with Crippen LogP contribution >= 0.6 is 11.6 Å². The summed E-state index contributed by atoms with van der Waals surface area (Å²) in [6.45, 7) is 0. The van der Waals surface area contributed by atoms with E-state index >= 15 is 0 Å². The average molecular weight is 305 g/mol. The van der Waals surface area contributed by atoms with E-state index in [1.807, 2.05) is 6.07 Å². The van der Waals surface area contributed by atoms with E-state index in [0.29, 0.717) is 10.7 Å². The van der Waals surface area contributed by atoms with Crippen molar-refractivity contribution in [1.29, 1.82) is 5.26 Å². The van der Waals surface area contributed by atoms with Crippen molar-refractivity contribution >= 4 is 34.6 Å². The van der Waals surface area contributed by atoms with Crippen LogP contribution in [0.1, 0.15) is 15.9 Å². The Labute approximate surface area is 124 Å². The lowest BCUT2D eigenvalue weighted by atomic mass is 10.1. The molecule has 0 radical (unpaired) electrons. The molecule has 2 rings (SSSR count). The maximum Gasteiger partial charge on any atom is 0.250 e. The molecule has 21 heavy (non-hydrogen) atoms. The van der Waals surface area contributed by atoms with Gasteiger partial charge >= 0.3 is 0 Å². The van der Waals surface area contributed by atoms with Gasteiger partial charge in [0.05, 0.1) is 22.5 Å². The van der Waals surface area contributed by atoms with Crippen LogP contribution in [0, 0.1) is 17.1 Å². The maximum absolute atomic E-state index is 13.9. The van der Waals surface area contributed by atoms with Gasteiger partial charge in [-0.05, 0) is 30.3 Å². The highest BCUT2D eigenvalue weighted by Gasteiger charge is 2.13. The second kappa shape index (κ2) is 5.69. The van der Waals surface area contributed by atoms with Crippen LogP contribution in [-0.2, 0) is 0 Å². The topological polar surface area (TPSA) is 105 Å². The number of nitriles is 1. The Morgan fingerprint density at radius 3 is 2.62 bits per heavy atom. The number of nitrogen functional groups attached to an aromatic ring is 1. The van der Waals surface area contributed by atoms with Crippen LogP contribution in [0.15, 0.2) is 30.3 Å². The Morgan fingerprint density at radius 1 is 1.29 bits per heavy atom.